The Balaban J connectivity index is 2.56. The molecule has 0 saturated carbocycles. The molecule has 1 heterocycles. The highest BCUT2D eigenvalue weighted by Gasteiger charge is 2.19. The van der Waals surface area contributed by atoms with Gasteiger partial charge in [0.25, 0.3) is 0 Å². The first-order valence-corrected chi connectivity index (χ1v) is 5.10. The topological polar surface area (TPSA) is 41.9 Å². The van der Waals surface area contributed by atoms with E-state index in [1.807, 2.05) is 25.1 Å². The van der Waals surface area contributed by atoms with Gasteiger partial charge < -0.3 is 9.64 Å². The van der Waals surface area contributed by atoms with Crippen molar-refractivity contribution in [3.8, 4) is 5.75 Å². The fraction of sp³-hybridized carbons (Fsp3) is 0.333. The summed E-state index contributed by atoms with van der Waals surface area (Å²) in [6.45, 7) is 1.87. The van der Waals surface area contributed by atoms with Crippen LogP contribution in [0.3, 0.4) is 0 Å². The van der Waals surface area contributed by atoms with Crippen LogP contribution in [0.15, 0.2) is 23.2 Å². The average molecular weight is 218 g/mol. The van der Waals surface area contributed by atoms with Crippen molar-refractivity contribution < 1.29 is 9.53 Å². The molecule has 1 aliphatic heterocycles. The van der Waals surface area contributed by atoms with Crippen LogP contribution in [0.1, 0.15) is 13.3 Å². The average Bonchev–Trinajstić information content (AvgIpc) is 2.37. The molecule has 0 saturated heterocycles. The number of ether oxygens (including phenoxy) is 1. The molecule has 0 spiro atoms. The Morgan fingerprint density at radius 3 is 2.88 bits per heavy atom. The second-order valence-corrected chi connectivity index (χ2v) is 3.83. The van der Waals surface area contributed by atoms with Crippen LogP contribution in [0.4, 0.5) is 11.4 Å². The van der Waals surface area contributed by atoms with E-state index < -0.39 is 0 Å². The number of methoxy groups -OCH3 is 1. The van der Waals surface area contributed by atoms with E-state index in [2.05, 4.69) is 4.99 Å². The smallest absolute Gasteiger partial charge is 0.232 e. The number of hydrogen-bond donors (Lipinski definition) is 0. The van der Waals surface area contributed by atoms with E-state index in [0.717, 1.165) is 22.8 Å². The molecule has 0 aliphatic carbocycles. The number of fused-ring (bicyclic) bond motifs is 1. The molecule has 16 heavy (non-hydrogen) atoms. The van der Waals surface area contributed by atoms with E-state index in [9.17, 15) is 4.79 Å². The number of nitrogens with zero attached hydrogens (tertiary/aromatic N) is 2. The number of anilines is 1. The van der Waals surface area contributed by atoms with E-state index in [4.69, 9.17) is 4.74 Å². The number of rotatable bonds is 1. The highest BCUT2D eigenvalue weighted by molar-refractivity contribution is 6.10. The van der Waals surface area contributed by atoms with Crippen molar-refractivity contribution >= 4 is 23.0 Å². The lowest BCUT2D eigenvalue weighted by Crippen LogP contribution is -2.26. The predicted molar refractivity (Wildman–Crippen MR) is 63.8 cm³/mol. The molecule has 1 amide bonds. The van der Waals surface area contributed by atoms with E-state index in [-0.39, 0.29) is 5.91 Å². The molecule has 0 aromatic heterocycles. The van der Waals surface area contributed by atoms with Gasteiger partial charge >= 0.3 is 0 Å². The van der Waals surface area contributed by atoms with Gasteiger partial charge in [-0.05, 0) is 19.1 Å². The molecule has 1 aromatic carbocycles. The Morgan fingerprint density at radius 1 is 1.44 bits per heavy atom. The summed E-state index contributed by atoms with van der Waals surface area (Å²) in [5.74, 6) is 0.779. The number of amides is 1. The van der Waals surface area contributed by atoms with E-state index in [1.165, 1.54) is 0 Å². The van der Waals surface area contributed by atoms with Crippen molar-refractivity contribution in [2.75, 3.05) is 19.1 Å². The number of carbonyl (C=O) groups excluding carboxylic acids is 1. The van der Waals surface area contributed by atoms with Crippen LogP contribution in [0.2, 0.25) is 0 Å². The summed E-state index contributed by atoms with van der Waals surface area (Å²) >= 11 is 0. The van der Waals surface area contributed by atoms with Crippen LogP contribution in [-0.4, -0.2) is 25.8 Å². The fourth-order valence-corrected chi connectivity index (χ4v) is 1.71. The van der Waals surface area contributed by atoms with Gasteiger partial charge in [-0.25, -0.2) is 0 Å². The zero-order chi connectivity index (χ0) is 11.7. The molecular weight excluding hydrogens is 204 g/mol. The molecule has 4 heteroatoms. The molecule has 0 fully saturated rings. The zero-order valence-electron chi connectivity index (χ0n) is 9.65. The largest absolute Gasteiger partial charge is 0.497 e. The molecule has 0 unspecified atom stereocenters. The van der Waals surface area contributed by atoms with Crippen LogP contribution in [-0.2, 0) is 4.79 Å². The molecule has 0 atom stereocenters. The minimum atomic E-state index is 0.0493. The second kappa shape index (κ2) is 3.96. The van der Waals surface area contributed by atoms with Gasteiger partial charge in [0.05, 0.1) is 24.9 Å². The highest BCUT2D eigenvalue weighted by Crippen LogP contribution is 2.34. The molecule has 2 rings (SSSR count). The minimum absolute atomic E-state index is 0.0493. The van der Waals surface area contributed by atoms with Gasteiger partial charge in [-0.15, -0.1) is 0 Å². The number of benzene rings is 1. The van der Waals surface area contributed by atoms with Crippen molar-refractivity contribution in [3.05, 3.63) is 18.2 Å². The monoisotopic (exact) mass is 218 g/mol. The molecule has 1 aliphatic rings. The Labute approximate surface area is 94.5 Å². The number of hydrogen-bond acceptors (Lipinski definition) is 3. The third-order valence-electron chi connectivity index (χ3n) is 2.64. The van der Waals surface area contributed by atoms with Gasteiger partial charge in [0, 0.05) is 18.8 Å². The molecule has 1 aromatic rings. The maximum atomic E-state index is 11.8. The fourth-order valence-electron chi connectivity index (χ4n) is 1.71. The third kappa shape index (κ3) is 1.78. The van der Waals surface area contributed by atoms with Crippen molar-refractivity contribution in [3.63, 3.8) is 0 Å². The summed E-state index contributed by atoms with van der Waals surface area (Å²) in [5.41, 5.74) is 2.44. The summed E-state index contributed by atoms with van der Waals surface area (Å²) < 4.78 is 5.15. The van der Waals surface area contributed by atoms with E-state index in [1.54, 1.807) is 19.1 Å². The summed E-state index contributed by atoms with van der Waals surface area (Å²) in [6.07, 6.45) is 0.369. The molecule has 0 radical (unpaired) electrons. The predicted octanol–water partition coefficient (Wildman–Crippen LogP) is 2.15. The number of aliphatic imine (C=N–C) groups is 1. The molecule has 0 bridgehead atoms. The first-order chi connectivity index (χ1) is 7.61. The van der Waals surface area contributed by atoms with Crippen LogP contribution in [0, 0.1) is 0 Å². The number of carbonyl (C=O) groups is 1. The Bertz CT molecular complexity index is 466. The van der Waals surface area contributed by atoms with Gasteiger partial charge in [0.15, 0.2) is 0 Å². The molecular formula is C12H14N2O2. The van der Waals surface area contributed by atoms with Gasteiger partial charge in [-0.1, -0.05) is 0 Å². The van der Waals surface area contributed by atoms with E-state index in [0.29, 0.717) is 6.42 Å². The molecule has 0 N–H and O–H groups in total. The second-order valence-electron chi connectivity index (χ2n) is 3.83. The molecule has 4 nitrogen and oxygen atoms in total. The van der Waals surface area contributed by atoms with Gasteiger partial charge in [0.1, 0.15) is 5.75 Å². The van der Waals surface area contributed by atoms with Crippen molar-refractivity contribution in [1.82, 2.24) is 0 Å². The third-order valence-corrected chi connectivity index (χ3v) is 2.64. The first kappa shape index (κ1) is 10.7. The van der Waals surface area contributed by atoms with Crippen LogP contribution < -0.4 is 9.64 Å². The lowest BCUT2D eigenvalue weighted by atomic mass is 10.2. The van der Waals surface area contributed by atoms with Crippen LogP contribution in [0.25, 0.3) is 0 Å². The highest BCUT2D eigenvalue weighted by atomic mass is 16.5. The summed E-state index contributed by atoms with van der Waals surface area (Å²) in [6, 6.07) is 5.54. The standard InChI is InChI=1S/C12H14N2O2/c1-8-6-12(15)14(2)11-7-9(16-3)4-5-10(11)13-8/h4-5,7H,6H2,1-3H3. The Hall–Kier alpha value is -1.84. The summed E-state index contributed by atoms with van der Waals surface area (Å²) in [5, 5.41) is 0. The van der Waals surface area contributed by atoms with Crippen molar-refractivity contribution in [1.29, 1.82) is 0 Å². The van der Waals surface area contributed by atoms with Gasteiger partial charge in [-0.2, -0.15) is 0 Å². The van der Waals surface area contributed by atoms with E-state index >= 15 is 0 Å². The van der Waals surface area contributed by atoms with Crippen molar-refractivity contribution in [2.24, 2.45) is 4.99 Å². The summed E-state index contributed by atoms with van der Waals surface area (Å²) in [7, 11) is 3.36. The van der Waals surface area contributed by atoms with Crippen LogP contribution in [0.5, 0.6) is 5.75 Å². The normalized spacial score (nSPS) is 15.3. The molecule has 84 valence electrons. The maximum Gasteiger partial charge on any atom is 0.232 e. The summed E-state index contributed by atoms with van der Waals surface area (Å²) in [4.78, 5) is 17.8. The van der Waals surface area contributed by atoms with Gasteiger partial charge in [0.2, 0.25) is 5.91 Å². The minimum Gasteiger partial charge on any atom is -0.497 e. The Morgan fingerprint density at radius 2 is 2.19 bits per heavy atom. The van der Waals surface area contributed by atoms with Gasteiger partial charge in [-0.3, -0.25) is 9.79 Å². The van der Waals surface area contributed by atoms with Crippen LogP contribution >= 0.6 is 0 Å². The quantitative estimate of drug-likeness (QED) is 0.724. The zero-order valence-corrected chi connectivity index (χ0v) is 9.65. The lowest BCUT2D eigenvalue weighted by Gasteiger charge is -2.17. The first-order valence-electron chi connectivity index (χ1n) is 5.10. The van der Waals surface area contributed by atoms with Crippen molar-refractivity contribution in [2.45, 2.75) is 13.3 Å². The Kier molecular flexibility index (Phi) is 2.64. The SMILES string of the molecule is COc1ccc2c(c1)N(C)C(=O)CC(C)=N2. The maximum absolute atomic E-state index is 11.8. The lowest BCUT2D eigenvalue weighted by molar-refractivity contribution is -0.117.